The molecule has 2 aromatic heterocycles. The van der Waals surface area contributed by atoms with Gasteiger partial charge in [0.15, 0.2) is 0 Å². The van der Waals surface area contributed by atoms with Crippen LogP contribution in [0.3, 0.4) is 0 Å². The van der Waals surface area contributed by atoms with Gasteiger partial charge < -0.3 is 0 Å². The Hall–Kier alpha value is -4.08. The summed E-state index contributed by atoms with van der Waals surface area (Å²) in [5, 5.41) is 34.7. The molecule has 0 fully saturated rings. The van der Waals surface area contributed by atoms with Crippen LogP contribution in [0.1, 0.15) is 0 Å². The van der Waals surface area contributed by atoms with Crippen LogP contribution in [0, 0.1) is 0 Å². The van der Waals surface area contributed by atoms with Crippen molar-refractivity contribution >= 4 is 46.4 Å². The normalized spacial score (nSPS) is 10.5. The lowest BCUT2D eigenvalue weighted by molar-refractivity contribution is 0.876. The van der Waals surface area contributed by atoms with Gasteiger partial charge in [-0.3, -0.25) is 0 Å². The Morgan fingerprint density at radius 2 is 0.450 bits per heavy atom. The van der Waals surface area contributed by atoms with Crippen molar-refractivity contribution in [3.05, 3.63) is 117 Å². The van der Waals surface area contributed by atoms with Gasteiger partial charge in [0.1, 0.15) is 0 Å². The molecular weight excluding hydrogens is 590 g/mol. The molecular formula is C28H16Cl4N8. The summed E-state index contributed by atoms with van der Waals surface area (Å²) in [5.74, 6) is 1.52. The molecule has 0 unspecified atom stereocenters. The van der Waals surface area contributed by atoms with Crippen molar-refractivity contribution < 1.29 is 0 Å². The third-order valence-electron chi connectivity index (χ3n) is 5.42. The second-order valence-corrected chi connectivity index (χ2v) is 9.64. The summed E-state index contributed by atoms with van der Waals surface area (Å²) in [6.07, 6.45) is 0. The van der Waals surface area contributed by atoms with Crippen LogP contribution >= 0.6 is 46.4 Å². The lowest BCUT2D eigenvalue weighted by Crippen LogP contribution is -1.99. The largest absolute Gasteiger partial charge is 0.205 e. The highest BCUT2D eigenvalue weighted by molar-refractivity contribution is 6.34. The second-order valence-electron chi connectivity index (χ2n) is 8.01. The van der Waals surface area contributed by atoms with Crippen molar-refractivity contribution in [1.82, 2.24) is 40.8 Å². The fourth-order valence-corrected chi connectivity index (χ4v) is 4.34. The number of benzene rings is 4. The molecule has 0 saturated heterocycles. The molecule has 12 heteroatoms. The Morgan fingerprint density at radius 3 is 0.625 bits per heavy atom. The van der Waals surface area contributed by atoms with E-state index in [0.29, 0.717) is 65.6 Å². The van der Waals surface area contributed by atoms with Gasteiger partial charge in [0, 0.05) is 22.3 Å². The highest BCUT2D eigenvalue weighted by Gasteiger charge is 2.12. The zero-order chi connectivity index (χ0) is 27.9. The van der Waals surface area contributed by atoms with E-state index in [9.17, 15) is 0 Å². The molecule has 0 atom stereocenters. The van der Waals surface area contributed by atoms with Gasteiger partial charge >= 0.3 is 0 Å². The smallest absolute Gasteiger partial charge is 0.126 e. The Kier molecular flexibility index (Phi) is 8.83. The minimum absolute atomic E-state index is 0.381. The molecule has 40 heavy (non-hydrogen) atoms. The van der Waals surface area contributed by atoms with E-state index in [-0.39, 0.29) is 0 Å². The Balaban J connectivity index is 0.000000161. The predicted molar refractivity (Wildman–Crippen MR) is 157 cm³/mol. The number of aromatic nitrogens is 8. The number of halogens is 4. The average Bonchev–Trinajstić information content (AvgIpc) is 2.99. The maximum absolute atomic E-state index is 6.08. The number of rotatable bonds is 4. The zero-order valence-corrected chi connectivity index (χ0v) is 23.4. The molecule has 2 heterocycles. The average molecular weight is 606 g/mol. The summed E-state index contributed by atoms with van der Waals surface area (Å²) in [6.45, 7) is 0. The molecule has 6 rings (SSSR count). The molecule has 0 bridgehead atoms. The quantitative estimate of drug-likeness (QED) is 0.200. The van der Waals surface area contributed by atoms with Crippen molar-refractivity contribution in [2.75, 3.05) is 0 Å². The van der Waals surface area contributed by atoms with Crippen LogP contribution in [0.25, 0.3) is 45.6 Å². The molecule has 0 radical (unpaired) electrons. The third-order valence-corrected chi connectivity index (χ3v) is 6.74. The van der Waals surface area contributed by atoms with Gasteiger partial charge in [-0.2, -0.15) is 0 Å². The first-order valence-electron chi connectivity index (χ1n) is 11.7. The van der Waals surface area contributed by atoms with E-state index in [2.05, 4.69) is 40.8 Å². The van der Waals surface area contributed by atoms with Crippen LogP contribution in [0.4, 0.5) is 0 Å². The fraction of sp³-hybridized carbons (Fsp3) is 0. The van der Waals surface area contributed by atoms with Gasteiger partial charge in [-0.25, -0.2) is 0 Å². The van der Waals surface area contributed by atoms with Crippen molar-refractivity contribution in [3.63, 3.8) is 0 Å². The summed E-state index contributed by atoms with van der Waals surface area (Å²) in [6, 6.07) is 29.1. The van der Waals surface area contributed by atoms with E-state index in [1.807, 2.05) is 72.8 Å². The number of hydrogen-bond donors (Lipinski definition) is 0. The first kappa shape index (κ1) is 27.5. The fourth-order valence-electron chi connectivity index (χ4n) is 3.46. The van der Waals surface area contributed by atoms with Crippen molar-refractivity contribution in [1.29, 1.82) is 0 Å². The first-order valence-corrected chi connectivity index (χ1v) is 13.2. The Morgan fingerprint density at radius 1 is 0.275 bits per heavy atom. The van der Waals surface area contributed by atoms with Crippen LogP contribution in [0.15, 0.2) is 97.1 Å². The van der Waals surface area contributed by atoms with Gasteiger partial charge in [-0.15, -0.1) is 40.8 Å². The second kappa shape index (κ2) is 12.8. The lowest BCUT2D eigenvalue weighted by atomic mass is 10.2. The lowest BCUT2D eigenvalue weighted by Gasteiger charge is -2.03. The van der Waals surface area contributed by atoms with E-state index in [4.69, 9.17) is 46.4 Å². The van der Waals surface area contributed by atoms with E-state index in [1.54, 1.807) is 24.3 Å². The first-order chi connectivity index (χ1) is 19.5. The van der Waals surface area contributed by atoms with E-state index < -0.39 is 0 Å². The number of hydrogen-bond acceptors (Lipinski definition) is 8. The summed E-state index contributed by atoms with van der Waals surface area (Å²) < 4.78 is 0. The highest BCUT2D eigenvalue weighted by atomic mass is 35.5. The summed E-state index contributed by atoms with van der Waals surface area (Å²) in [7, 11) is 0. The predicted octanol–water partition coefficient (Wildman–Crippen LogP) is 7.81. The van der Waals surface area contributed by atoms with Gasteiger partial charge in [0.05, 0.1) is 20.1 Å². The van der Waals surface area contributed by atoms with Crippen LogP contribution in [-0.2, 0) is 0 Å². The highest BCUT2D eigenvalue weighted by Crippen LogP contribution is 2.27. The van der Waals surface area contributed by atoms with E-state index >= 15 is 0 Å². The van der Waals surface area contributed by atoms with Gasteiger partial charge in [0.2, 0.25) is 23.3 Å². The third kappa shape index (κ3) is 6.38. The topological polar surface area (TPSA) is 103 Å². The molecule has 0 amide bonds. The molecule has 0 aliphatic rings. The van der Waals surface area contributed by atoms with E-state index in [0.717, 1.165) is 0 Å². The number of nitrogens with zero attached hydrogens (tertiary/aromatic N) is 8. The maximum Gasteiger partial charge on any atom is 0.205 e. The van der Waals surface area contributed by atoms with Gasteiger partial charge in [0.25, 0.3) is 0 Å². The summed E-state index contributed by atoms with van der Waals surface area (Å²) in [5.41, 5.74) is 2.78. The van der Waals surface area contributed by atoms with Crippen LogP contribution in [0.5, 0.6) is 0 Å². The Labute approximate surface area is 249 Å². The van der Waals surface area contributed by atoms with Gasteiger partial charge in [-0.05, 0) is 48.5 Å². The van der Waals surface area contributed by atoms with Crippen LogP contribution in [-0.4, -0.2) is 40.8 Å². The monoisotopic (exact) mass is 604 g/mol. The minimum Gasteiger partial charge on any atom is -0.126 e. The van der Waals surface area contributed by atoms with Crippen LogP contribution in [0.2, 0.25) is 20.1 Å². The standard InChI is InChI=1S/2C14H8Cl2N4/c2*15-11-7-3-1-5-9(11)13-17-19-14(20-18-13)10-6-2-4-8-12(10)16/h2*1-8H. The molecule has 0 aliphatic heterocycles. The van der Waals surface area contributed by atoms with E-state index in [1.165, 1.54) is 0 Å². The molecule has 0 N–H and O–H groups in total. The molecule has 4 aromatic carbocycles. The summed E-state index contributed by atoms with van der Waals surface area (Å²) >= 11 is 24.3. The van der Waals surface area contributed by atoms with Gasteiger partial charge in [-0.1, -0.05) is 94.9 Å². The molecule has 6 aromatic rings. The van der Waals surface area contributed by atoms with Crippen molar-refractivity contribution in [2.24, 2.45) is 0 Å². The van der Waals surface area contributed by atoms with Crippen molar-refractivity contribution in [2.45, 2.75) is 0 Å². The minimum atomic E-state index is 0.381. The molecule has 0 spiro atoms. The molecule has 196 valence electrons. The van der Waals surface area contributed by atoms with Crippen LogP contribution < -0.4 is 0 Å². The Bertz CT molecular complexity index is 1490. The zero-order valence-electron chi connectivity index (χ0n) is 20.3. The SMILES string of the molecule is Clc1ccccc1-c1nnc(-c2ccccc2Cl)nn1.Clc1ccccc1-c1nnc(-c2ccccc2Cl)nn1. The molecule has 8 nitrogen and oxygen atoms in total. The van der Waals surface area contributed by atoms with Crippen molar-refractivity contribution in [3.8, 4) is 45.6 Å². The molecule has 0 saturated carbocycles. The summed E-state index contributed by atoms with van der Waals surface area (Å²) in [4.78, 5) is 0. The molecule has 0 aliphatic carbocycles. The maximum atomic E-state index is 6.08.